The zero-order valence-corrected chi connectivity index (χ0v) is 6.72. The molecule has 1 aromatic rings. The lowest BCUT2D eigenvalue weighted by Crippen LogP contribution is -1.84. The molecule has 11 heavy (non-hydrogen) atoms. The van der Waals surface area contributed by atoms with E-state index in [1.807, 2.05) is 6.07 Å². The molecule has 0 atom stereocenters. The van der Waals surface area contributed by atoms with Gasteiger partial charge in [0.1, 0.15) is 5.75 Å². The van der Waals surface area contributed by atoms with Gasteiger partial charge in [-0.1, -0.05) is 11.6 Å². The zero-order valence-electron chi connectivity index (χ0n) is 5.97. The topological polar surface area (TPSA) is 33.0 Å². The molecule has 0 fully saturated rings. The third-order valence-corrected chi connectivity index (χ3v) is 1.58. The number of nitrogens with zero attached hydrogens (tertiary/aromatic N) is 1. The van der Waals surface area contributed by atoms with Gasteiger partial charge in [-0.2, -0.15) is 5.26 Å². The number of benzene rings is 1. The van der Waals surface area contributed by atoms with Crippen LogP contribution in [0.4, 0.5) is 0 Å². The van der Waals surface area contributed by atoms with Crippen molar-refractivity contribution in [2.75, 3.05) is 7.11 Å². The first-order valence-corrected chi connectivity index (χ1v) is 3.39. The van der Waals surface area contributed by atoms with E-state index in [0.29, 0.717) is 16.3 Å². The Hall–Kier alpha value is -1.20. The maximum Gasteiger partial charge on any atom is 0.137 e. The average molecular weight is 168 g/mol. The van der Waals surface area contributed by atoms with E-state index in [1.54, 1.807) is 18.2 Å². The summed E-state index contributed by atoms with van der Waals surface area (Å²) in [5.41, 5.74) is 0.538. The van der Waals surface area contributed by atoms with Crippen molar-refractivity contribution in [3.63, 3.8) is 0 Å². The van der Waals surface area contributed by atoms with Crippen LogP contribution in [0.2, 0.25) is 5.02 Å². The van der Waals surface area contributed by atoms with Crippen LogP contribution in [-0.2, 0) is 0 Å². The van der Waals surface area contributed by atoms with Gasteiger partial charge in [-0.3, -0.25) is 0 Å². The van der Waals surface area contributed by atoms with Gasteiger partial charge in [-0.05, 0) is 18.2 Å². The van der Waals surface area contributed by atoms with Crippen molar-refractivity contribution in [3.05, 3.63) is 28.8 Å². The molecule has 0 radical (unpaired) electrons. The van der Waals surface area contributed by atoms with Crippen molar-refractivity contribution in [3.8, 4) is 11.8 Å². The molecule has 0 saturated heterocycles. The summed E-state index contributed by atoms with van der Waals surface area (Å²) in [6.07, 6.45) is 0. The van der Waals surface area contributed by atoms with E-state index >= 15 is 0 Å². The molecule has 1 rings (SSSR count). The quantitative estimate of drug-likeness (QED) is 0.643. The van der Waals surface area contributed by atoms with Crippen LogP contribution in [-0.4, -0.2) is 7.11 Å². The lowest BCUT2D eigenvalue weighted by molar-refractivity contribution is 0.415. The molecule has 0 aliphatic carbocycles. The molecule has 0 aliphatic rings. The van der Waals surface area contributed by atoms with E-state index in [9.17, 15) is 0 Å². The summed E-state index contributed by atoms with van der Waals surface area (Å²) >= 11 is 5.73. The summed E-state index contributed by atoms with van der Waals surface area (Å²) in [6.45, 7) is 0. The van der Waals surface area contributed by atoms with E-state index in [0.717, 1.165) is 0 Å². The second-order valence-corrected chi connectivity index (χ2v) is 2.37. The molecule has 2 nitrogen and oxygen atoms in total. The predicted molar refractivity (Wildman–Crippen MR) is 42.7 cm³/mol. The van der Waals surface area contributed by atoms with Crippen molar-refractivity contribution in [2.45, 2.75) is 0 Å². The molecular formula is C8H6ClNO. The molecule has 0 spiro atoms. The number of hydrogen-bond acceptors (Lipinski definition) is 2. The smallest absolute Gasteiger partial charge is 0.137 e. The predicted octanol–water partition coefficient (Wildman–Crippen LogP) is 2.22. The minimum absolute atomic E-state index is 0.464. The van der Waals surface area contributed by atoms with Gasteiger partial charge < -0.3 is 4.74 Å². The average Bonchev–Trinajstić information content (AvgIpc) is 2.04. The van der Waals surface area contributed by atoms with Gasteiger partial charge in [0.05, 0.1) is 23.8 Å². The van der Waals surface area contributed by atoms with Crippen molar-refractivity contribution < 1.29 is 4.74 Å². The van der Waals surface area contributed by atoms with E-state index in [1.165, 1.54) is 7.11 Å². The van der Waals surface area contributed by atoms with Crippen molar-refractivity contribution in [1.82, 2.24) is 0 Å². The Bertz CT molecular complexity index is 303. The largest absolute Gasteiger partial charge is 0.495 e. The van der Waals surface area contributed by atoms with Crippen LogP contribution in [0.1, 0.15) is 5.56 Å². The Labute approximate surface area is 70.0 Å². The van der Waals surface area contributed by atoms with Gasteiger partial charge in [-0.15, -0.1) is 0 Å². The lowest BCUT2D eigenvalue weighted by atomic mass is 10.2. The number of halogens is 1. The SMILES string of the molecule is COc1ccc(C#N)cc1Cl. The fraction of sp³-hybridized carbons (Fsp3) is 0.125. The van der Waals surface area contributed by atoms with Crippen LogP contribution in [0, 0.1) is 11.3 Å². The van der Waals surface area contributed by atoms with Gasteiger partial charge in [0.2, 0.25) is 0 Å². The highest BCUT2D eigenvalue weighted by molar-refractivity contribution is 6.32. The molecular weight excluding hydrogens is 162 g/mol. The second-order valence-electron chi connectivity index (χ2n) is 1.96. The van der Waals surface area contributed by atoms with E-state index in [4.69, 9.17) is 21.6 Å². The van der Waals surface area contributed by atoms with Crippen molar-refractivity contribution in [1.29, 1.82) is 5.26 Å². The lowest BCUT2D eigenvalue weighted by Gasteiger charge is -2.00. The Kier molecular flexibility index (Phi) is 2.35. The fourth-order valence-corrected chi connectivity index (χ4v) is 0.994. The van der Waals surface area contributed by atoms with Crippen molar-refractivity contribution in [2.24, 2.45) is 0 Å². The molecule has 0 saturated carbocycles. The highest BCUT2D eigenvalue weighted by Crippen LogP contribution is 2.24. The van der Waals surface area contributed by atoms with E-state index in [-0.39, 0.29) is 0 Å². The Morgan fingerprint density at radius 3 is 2.73 bits per heavy atom. The molecule has 3 heteroatoms. The molecule has 1 aromatic carbocycles. The molecule has 0 aromatic heterocycles. The Morgan fingerprint density at radius 2 is 2.27 bits per heavy atom. The van der Waals surface area contributed by atoms with E-state index < -0.39 is 0 Å². The molecule has 56 valence electrons. The third kappa shape index (κ3) is 1.63. The molecule has 0 bridgehead atoms. The molecule has 0 heterocycles. The maximum atomic E-state index is 8.48. The van der Waals surface area contributed by atoms with Crippen molar-refractivity contribution >= 4 is 11.6 Å². The fourth-order valence-electron chi connectivity index (χ4n) is 0.736. The molecule has 0 amide bonds. The number of ether oxygens (including phenoxy) is 1. The first-order valence-electron chi connectivity index (χ1n) is 3.01. The molecule has 0 aliphatic heterocycles. The summed E-state index contributed by atoms with van der Waals surface area (Å²) in [5, 5.41) is 8.94. The highest BCUT2D eigenvalue weighted by atomic mass is 35.5. The number of hydrogen-bond donors (Lipinski definition) is 0. The minimum atomic E-state index is 0.464. The van der Waals surface area contributed by atoms with Crippen LogP contribution < -0.4 is 4.74 Å². The van der Waals surface area contributed by atoms with Gasteiger partial charge in [0.15, 0.2) is 0 Å². The van der Waals surface area contributed by atoms with Gasteiger partial charge >= 0.3 is 0 Å². The minimum Gasteiger partial charge on any atom is -0.495 e. The standard InChI is InChI=1S/C8H6ClNO/c1-11-8-3-2-6(5-10)4-7(8)9/h2-4H,1H3. The molecule has 0 unspecified atom stereocenters. The summed E-state index contributed by atoms with van der Waals surface area (Å²) in [4.78, 5) is 0. The summed E-state index contributed by atoms with van der Waals surface area (Å²) < 4.78 is 4.90. The first kappa shape index (κ1) is 7.90. The molecule has 0 N–H and O–H groups in total. The van der Waals surface area contributed by atoms with Gasteiger partial charge in [0, 0.05) is 0 Å². The summed E-state index contributed by atoms with van der Waals surface area (Å²) in [7, 11) is 1.53. The number of nitriles is 1. The highest BCUT2D eigenvalue weighted by Gasteiger charge is 1.99. The summed E-state index contributed by atoms with van der Waals surface area (Å²) in [5.74, 6) is 0.589. The number of rotatable bonds is 1. The summed E-state index contributed by atoms with van der Waals surface area (Å²) in [6, 6.07) is 6.87. The van der Waals surface area contributed by atoms with Crippen LogP contribution >= 0.6 is 11.6 Å². The second kappa shape index (κ2) is 3.27. The van der Waals surface area contributed by atoms with Crippen LogP contribution in [0.5, 0.6) is 5.75 Å². The van der Waals surface area contributed by atoms with Gasteiger partial charge in [-0.25, -0.2) is 0 Å². The normalized spacial score (nSPS) is 8.82. The monoisotopic (exact) mass is 167 g/mol. The first-order chi connectivity index (χ1) is 5.27. The van der Waals surface area contributed by atoms with Crippen LogP contribution in [0.3, 0.4) is 0 Å². The number of methoxy groups -OCH3 is 1. The van der Waals surface area contributed by atoms with E-state index in [2.05, 4.69) is 0 Å². The zero-order chi connectivity index (χ0) is 8.27. The maximum absolute atomic E-state index is 8.48. The Morgan fingerprint density at radius 1 is 1.55 bits per heavy atom. The van der Waals surface area contributed by atoms with Gasteiger partial charge in [0.25, 0.3) is 0 Å². The Balaban J connectivity index is 3.12. The van der Waals surface area contributed by atoms with Crippen LogP contribution in [0.15, 0.2) is 18.2 Å². The third-order valence-electron chi connectivity index (χ3n) is 1.28. The van der Waals surface area contributed by atoms with Crippen LogP contribution in [0.25, 0.3) is 0 Å².